The molecule has 0 unspecified atom stereocenters. The summed E-state index contributed by atoms with van der Waals surface area (Å²) in [6.45, 7) is 0.322. The number of carbonyl (C=O) groups excluding carboxylic acids is 1. The molecule has 0 atom stereocenters. The van der Waals surface area contributed by atoms with Crippen LogP contribution in [0.4, 0.5) is 5.69 Å². The first-order chi connectivity index (χ1) is 13.7. The number of carbonyl (C=O) groups is 1. The first-order valence-corrected chi connectivity index (χ1v) is 9.21. The molecule has 0 saturated carbocycles. The van der Waals surface area contributed by atoms with Gasteiger partial charge in [0.2, 0.25) is 0 Å². The third-order valence-electron chi connectivity index (χ3n) is 4.15. The molecule has 7 nitrogen and oxygen atoms in total. The Hall–Kier alpha value is -3.83. The van der Waals surface area contributed by atoms with E-state index < -0.39 is 5.91 Å². The van der Waals surface area contributed by atoms with Crippen LogP contribution in [0.25, 0.3) is 10.2 Å². The van der Waals surface area contributed by atoms with Gasteiger partial charge in [0.25, 0.3) is 11.5 Å². The lowest BCUT2D eigenvalue weighted by Gasteiger charge is -2.07. The van der Waals surface area contributed by atoms with Gasteiger partial charge in [-0.1, -0.05) is 6.07 Å². The van der Waals surface area contributed by atoms with Crippen molar-refractivity contribution in [2.24, 2.45) is 0 Å². The largest absolute Gasteiger partial charge is 0.322 e. The number of amides is 1. The molecule has 8 heteroatoms. The number of pyridine rings is 1. The molecule has 0 spiro atoms. The van der Waals surface area contributed by atoms with E-state index in [0.717, 1.165) is 5.56 Å². The molecule has 4 aromatic rings. The summed E-state index contributed by atoms with van der Waals surface area (Å²) >= 11 is 1.25. The van der Waals surface area contributed by atoms with Gasteiger partial charge in [-0.3, -0.25) is 19.1 Å². The third-order valence-corrected chi connectivity index (χ3v) is 5.04. The van der Waals surface area contributed by atoms with Crippen LogP contribution in [-0.2, 0) is 6.54 Å². The van der Waals surface area contributed by atoms with Crippen LogP contribution < -0.4 is 10.9 Å². The quantitative estimate of drug-likeness (QED) is 0.580. The van der Waals surface area contributed by atoms with Crippen LogP contribution in [0.1, 0.15) is 21.5 Å². The number of hydrogen-bond acceptors (Lipinski definition) is 6. The summed E-state index contributed by atoms with van der Waals surface area (Å²) in [6.07, 6.45) is 4.83. The lowest BCUT2D eigenvalue weighted by Crippen LogP contribution is -2.23. The van der Waals surface area contributed by atoms with Crippen molar-refractivity contribution in [3.63, 3.8) is 0 Å². The van der Waals surface area contributed by atoms with E-state index in [9.17, 15) is 9.59 Å². The molecule has 1 aromatic carbocycles. The summed E-state index contributed by atoms with van der Waals surface area (Å²) in [7, 11) is 0. The van der Waals surface area contributed by atoms with Crippen LogP contribution in [0.3, 0.4) is 0 Å². The molecule has 4 rings (SSSR count). The fourth-order valence-corrected chi connectivity index (χ4v) is 3.64. The van der Waals surface area contributed by atoms with Gasteiger partial charge < -0.3 is 5.32 Å². The highest BCUT2D eigenvalue weighted by atomic mass is 32.1. The molecule has 1 N–H and O–H groups in total. The highest BCUT2D eigenvalue weighted by Crippen LogP contribution is 2.22. The lowest BCUT2D eigenvalue weighted by atomic mass is 10.2. The molecule has 3 heterocycles. The Balaban J connectivity index is 1.67. The maximum absolute atomic E-state index is 12.9. The topological polar surface area (TPSA) is 101 Å². The molecule has 0 fully saturated rings. The molecule has 1 amide bonds. The van der Waals surface area contributed by atoms with E-state index in [1.807, 2.05) is 12.1 Å². The van der Waals surface area contributed by atoms with E-state index in [0.29, 0.717) is 28.0 Å². The van der Waals surface area contributed by atoms with Gasteiger partial charge in [-0.05, 0) is 35.9 Å². The van der Waals surface area contributed by atoms with Crippen molar-refractivity contribution in [3.05, 3.63) is 87.5 Å². The van der Waals surface area contributed by atoms with Crippen molar-refractivity contribution >= 4 is 33.1 Å². The van der Waals surface area contributed by atoms with Crippen LogP contribution in [0.15, 0.2) is 65.3 Å². The maximum Gasteiger partial charge on any atom is 0.263 e. The molecule has 136 valence electrons. The Morgan fingerprint density at radius 3 is 2.79 bits per heavy atom. The predicted molar refractivity (Wildman–Crippen MR) is 106 cm³/mol. The van der Waals surface area contributed by atoms with Crippen molar-refractivity contribution in [2.45, 2.75) is 6.54 Å². The standard InChI is InChI=1S/C20H13N5O2S/c21-8-13-3-5-15(6-4-13)24-18(26)16-11-28-19-17(16)20(27)25(12-23-19)10-14-2-1-7-22-9-14/h1-7,9,11-12H,10H2,(H,24,26). The van der Waals surface area contributed by atoms with Crippen molar-refractivity contribution in [3.8, 4) is 6.07 Å². The Labute approximate surface area is 163 Å². The number of nitrogens with zero attached hydrogens (tertiary/aromatic N) is 4. The number of benzene rings is 1. The molecule has 28 heavy (non-hydrogen) atoms. The van der Waals surface area contributed by atoms with E-state index in [4.69, 9.17) is 5.26 Å². The van der Waals surface area contributed by atoms with Gasteiger partial charge >= 0.3 is 0 Å². The molecular formula is C20H13N5O2S. The zero-order valence-corrected chi connectivity index (χ0v) is 15.3. The van der Waals surface area contributed by atoms with Crippen LogP contribution >= 0.6 is 11.3 Å². The van der Waals surface area contributed by atoms with Crippen LogP contribution in [0.2, 0.25) is 0 Å². The Morgan fingerprint density at radius 1 is 1.25 bits per heavy atom. The number of aromatic nitrogens is 3. The highest BCUT2D eigenvalue weighted by Gasteiger charge is 2.18. The Kier molecular flexibility index (Phi) is 4.66. The second kappa shape index (κ2) is 7.42. The van der Waals surface area contributed by atoms with Gasteiger partial charge in [-0.25, -0.2) is 4.98 Å². The minimum Gasteiger partial charge on any atom is -0.322 e. The zero-order chi connectivity index (χ0) is 19.5. The van der Waals surface area contributed by atoms with Gasteiger partial charge in [-0.15, -0.1) is 11.3 Å². The van der Waals surface area contributed by atoms with Gasteiger partial charge in [0, 0.05) is 23.5 Å². The number of thiophene rings is 1. The second-order valence-electron chi connectivity index (χ2n) is 6.01. The highest BCUT2D eigenvalue weighted by molar-refractivity contribution is 7.17. The number of hydrogen-bond donors (Lipinski definition) is 1. The molecular weight excluding hydrogens is 374 g/mol. The minimum atomic E-state index is -0.394. The number of fused-ring (bicyclic) bond motifs is 1. The monoisotopic (exact) mass is 387 g/mol. The number of nitriles is 1. The van der Waals surface area contributed by atoms with Crippen molar-refractivity contribution in [1.82, 2.24) is 14.5 Å². The van der Waals surface area contributed by atoms with Gasteiger partial charge in [-0.2, -0.15) is 5.26 Å². The number of anilines is 1. The molecule has 3 aromatic heterocycles. The zero-order valence-electron chi connectivity index (χ0n) is 14.5. The lowest BCUT2D eigenvalue weighted by molar-refractivity contribution is 0.102. The van der Waals surface area contributed by atoms with Crippen molar-refractivity contribution < 1.29 is 4.79 Å². The average molecular weight is 387 g/mol. The molecule has 0 aliphatic rings. The van der Waals surface area contributed by atoms with E-state index in [1.165, 1.54) is 22.2 Å². The van der Waals surface area contributed by atoms with Gasteiger partial charge in [0.1, 0.15) is 4.83 Å². The molecule has 0 aliphatic heterocycles. The summed E-state index contributed by atoms with van der Waals surface area (Å²) < 4.78 is 1.46. The van der Waals surface area contributed by atoms with Crippen molar-refractivity contribution in [2.75, 3.05) is 5.32 Å². The predicted octanol–water partition coefficient (Wildman–Crippen LogP) is 3.03. The second-order valence-corrected chi connectivity index (χ2v) is 6.87. The van der Waals surface area contributed by atoms with Gasteiger partial charge in [0.05, 0.1) is 35.5 Å². The number of rotatable bonds is 4. The van der Waals surface area contributed by atoms with Crippen LogP contribution in [0, 0.1) is 11.3 Å². The average Bonchev–Trinajstić information content (AvgIpc) is 3.16. The fourth-order valence-electron chi connectivity index (χ4n) is 2.76. The maximum atomic E-state index is 12.9. The molecule has 0 aliphatic carbocycles. The summed E-state index contributed by atoms with van der Waals surface area (Å²) in [4.78, 5) is 34.5. The first kappa shape index (κ1) is 17.6. The summed E-state index contributed by atoms with van der Waals surface area (Å²) in [5, 5.41) is 13.5. The van der Waals surface area contributed by atoms with E-state index in [2.05, 4.69) is 15.3 Å². The summed E-state index contributed by atoms with van der Waals surface area (Å²) in [5.74, 6) is -0.394. The Morgan fingerprint density at radius 2 is 2.07 bits per heavy atom. The van der Waals surface area contributed by atoms with E-state index >= 15 is 0 Å². The van der Waals surface area contributed by atoms with Crippen LogP contribution in [0.5, 0.6) is 0 Å². The summed E-state index contributed by atoms with van der Waals surface area (Å²) in [5.41, 5.74) is 1.91. The fraction of sp³-hybridized carbons (Fsp3) is 0.0500. The summed E-state index contributed by atoms with van der Waals surface area (Å²) in [6, 6.07) is 12.2. The van der Waals surface area contributed by atoms with Crippen molar-refractivity contribution in [1.29, 1.82) is 5.26 Å². The molecule has 0 bridgehead atoms. The van der Waals surface area contributed by atoms with Gasteiger partial charge in [0.15, 0.2) is 0 Å². The van der Waals surface area contributed by atoms with Crippen LogP contribution in [-0.4, -0.2) is 20.4 Å². The smallest absolute Gasteiger partial charge is 0.263 e. The third kappa shape index (κ3) is 3.39. The normalized spacial score (nSPS) is 10.5. The van der Waals surface area contributed by atoms with E-state index in [1.54, 1.807) is 48.1 Å². The SMILES string of the molecule is N#Cc1ccc(NC(=O)c2csc3ncn(Cc4cccnc4)c(=O)c23)cc1. The Bertz CT molecular complexity index is 1250. The molecule has 0 radical (unpaired) electrons. The number of nitrogens with one attached hydrogen (secondary N) is 1. The minimum absolute atomic E-state index is 0.278. The molecule has 0 saturated heterocycles. The van der Waals surface area contributed by atoms with E-state index in [-0.39, 0.29) is 11.1 Å². The first-order valence-electron chi connectivity index (χ1n) is 8.33.